The molecule has 0 saturated carbocycles. The first-order chi connectivity index (χ1) is 12.9. The van der Waals surface area contributed by atoms with Gasteiger partial charge in [-0.2, -0.15) is 0 Å². The van der Waals surface area contributed by atoms with Crippen molar-refractivity contribution in [1.29, 1.82) is 0 Å². The fourth-order valence-corrected chi connectivity index (χ4v) is 4.27. The number of para-hydroxylation sites is 1. The lowest BCUT2D eigenvalue weighted by Gasteiger charge is -2.49. The van der Waals surface area contributed by atoms with Crippen LogP contribution in [-0.4, -0.2) is 50.0 Å². The van der Waals surface area contributed by atoms with Crippen LogP contribution >= 0.6 is 0 Å². The lowest BCUT2D eigenvalue weighted by molar-refractivity contribution is -0.127. The number of hydrogen-bond donors (Lipinski definition) is 2. The highest BCUT2D eigenvalue weighted by Gasteiger charge is 2.43. The number of piperidine rings is 3. The van der Waals surface area contributed by atoms with Crippen LogP contribution in [-0.2, 0) is 16.9 Å². The molecule has 3 saturated heterocycles. The first-order valence-corrected chi connectivity index (χ1v) is 9.63. The quantitative estimate of drug-likeness (QED) is 0.840. The topological polar surface area (TPSA) is 83.3 Å². The number of amides is 1. The van der Waals surface area contributed by atoms with Gasteiger partial charge in [0.15, 0.2) is 0 Å². The summed E-state index contributed by atoms with van der Waals surface area (Å²) in [6.07, 6.45) is 3.88. The van der Waals surface area contributed by atoms with Crippen LogP contribution in [0.1, 0.15) is 32.4 Å². The number of aliphatic hydroxyl groups is 1. The number of nitrogens with one attached hydrogen (secondary N) is 1. The molecule has 7 heteroatoms. The molecule has 0 aliphatic carbocycles. The van der Waals surface area contributed by atoms with Gasteiger partial charge in [-0.25, -0.2) is 0 Å². The van der Waals surface area contributed by atoms with Crippen LogP contribution in [0, 0.1) is 11.8 Å². The third-order valence-corrected chi connectivity index (χ3v) is 5.82. The van der Waals surface area contributed by atoms with Gasteiger partial charge in [0.1, 0.15) is 11.3 Å². The third kappa shape index (κ3) is 3.89. The normalized spacial score (nSPS) is 27.5. The van der Waals surface area contributed by atoms with E-state index in [9.17, 15) is 9.90 Å². The summed E-state index contributed by atoms with van der Waals surface area (Å²) in [5, 5.41) is 21.4. The number of anilines is 1. The second-order valence-corrected chi connectivity index (χ2v) is 8.28. The number of carbonyl (C=O) groups is 1. The molecule has 0 spiro atoms. The van der Waals surface area contributed by atoms with Crippen molar-refractivity contribution in [3.8, 4) is 0 Å². The fourth-order valence-electron chi connectivity index (χ4n) is 4.27. The molecular formula is C20H27N5O2. The fraction of sp³-hybridized carbons (Fsp3) is 0.550. The van der Waals surface area contributed by atoms with Crippen LogP contribution in [0.5, 0.6) is 0 Å². The molecule has 3 fully saturated rings. The summed E-state index contributed by atoms with van der Waals surface area (Å²) in [6.45, 7) is 5.98. The molecule has 3 aliphatic heterocycles. The Labute approximate surface area is 159 Å². The highest BCUT2D eigenvalue weighted by Crippen LogP contribution is 2.37. The Morgan fingerprint density at radius 3 is 2.74 bits per heavy atom. The molecule has 1 amide bonds. The maximum absolute atomic E-state index is 12.7. The number of nitrogens with zero attached hydrogens (tertiary/aromatic N) is 4. The summed E-state index contributed by atoms with van der Waals surface area (Å²) in [4.78, 5) is 15.1. The second-order valence-electron chi connectivity index (χ2n) is 8.28. The molecule has 144 valence electrons. The molecule has 1 aromatic heterocycles. The van der Waals surface area contributed by atoms with Gasteiger partial charge in [0.2, 0.25) is 5.91 Å². The third-order valence-electron chi connectivity index (χ3n) is 5.82. The first kappa shape index (κ1) is 18.1. The van der Waals surface area contributed by atoms with Gasteiger partial charge in [-0.1, -0.05) is 23.4 Å². The van der Waals surface area contributed by atoms with E-state index in [1.54, 1.807) is 13.8 Å². The van der Waals surface area contributed by atoms with Crippen LogP contribution < -0.4 is 5.32 Å². The maximum atomic E-state index is 12.7. The van der Waals surface area contributed by atoms with Gasteiger partial charge in [0, 0.05) is 18.3 Å². The Kier molecular flexibility index (Phi) is 4.74. The molecule has 5 rings (SSSR count). The lowest BCUT2D eigenvalue weighted by atomic mass is 9.75. The van der Waals surface area contributed by atoms with Crippen LogP contribution in [0.4, 0.5) is 5.69 Å². The molecule has 4 heterocycles. The van der Waals surface area contributed by atoms with Gasteiger partial charge in [0.05, 0.1) is 18.7 Å². The van der Waals surface area contributed by atoms with Crippen molar-refractivity contribution < 1.29 is 9.90 Å². The number of aromatic nitrogens is 3. The minimum absolute atomic E-state index is 0.0397. The van der Waals surface area contributed by atoms with Crippen molar-refractivity contribution in [1.82, 2.24) is 19.9 Å². The molecule has 2 aromatic rings. The van der Waals surface area contributed by atoms with Gasteiger partial charge in [-0.15, -0.1) is 5.10 Å². The average molecular weight is 369 g/mol. The summed E-state index contributed by atoms with van der Waals surface area (Å²) in [5.74, 6) is 0.568. The van der Waals surface area contributed by atoms with Crippen molar-refractivity contribution in [3.63, 3.8) is 0 Å². The van der Waals surface area contributed by atoms with E-state index in [1.165, 1.54) is 0 Å². The minimum atomic E-state index is -0.981. The Morgan fingerprint density at radius 1 is 1.33 bits per heavy atom. The molecule has 2 N–H and O–H groups in total. The smallest absolute Gasteiger partial charge is 0.229 e. The standard InChI is InChI=1S/C20H27N5O2/c1-20(2,27)18-13-25(23-22-18)11-16-10-14-8-9-24(16)12-17(14)19(26)21-15-6-4-3-5-7-15/h3-7,13-14,16-17,27H,8-12H2,1-2H3,(H,21,26)/t14-,16+,17-/m0/s1. The summed E-state index contributed by atoms with van der Waals surface area (Å²) < 4.78 is 1.82. The van der Waals surface area contributed by atoms with Gasteiger partial charge >= 0.3 is 0 Å². The van der Waals surface area contributed by atoms with Gasteiger partial charge in [-0.3, -0.25) is 14.4 Å². The second kappa shape index (κ2) is 7.05. The Balaban J connectivity index is 1.39. The van der Waals surface area contributed by atoms with E-state index >= 15 is 0 Å². The largest absolute Gasteiger partial charge is 0.384 e. The van der Waals surface area contributed by atoms with E-state index in [4.69, 9.17) is 0 Å². The molecule has 1 unspecified atom stereocenters. The SMILES string of the molecule is CC(C)(O)c1cn(C[C@H]2C[C@@H]3CCN2C[C@@H]3C(=O)Nc2ccccc2)nn1. The minimum Gasteiger partial charge on any atom is -0.384 e. The van der Waals surface area contributed by atoms with E-state index in [1.807, 2.05) is 41.2 Å². The van der Waals surface area contributed by atoms with E-state index in [-0.39, 0.29) is 11.8 Å². The zero-order valence-corrected chi connectivity index (χ0v) is 15.9. The average Bonchev–Trinajstić information content (AvgIpc) is 3.12. The van der Waals surface area contributed by atoms with Crippen molar-refractivity contribution in [2.45, 2.75) is 44.9 Å². The molecular weight excluding hydrogens is 342 g/mol. The molecule has 1 aromatic carbocycles. The summed E-state index contributed by atoms with van der Waals surface area (Å²) in [6, 6.07) is 10.0. The van der Waals surface area contributed by atoms with Crippen LogP contribution in [0.25, 0.3) is 0 Å². The highest BCUT2D eigenvalue weighted by atomic mass is 16.3. The van der Waals surface area contributed by atoms with Crippen LogP contribution in [0.15, 0.2) is 36.5 Å². The van der Waals surface area contributed by atoms with Crippen LogP contribution in [0.3, 0.4) is 0 Å². The molecule has 2 bridgehead atoms. The summed E-state index contributed by atoms with van der Waals surface area (Å²) in [5.41, 5.74) is 0.459. The van der Waals surface area contributed by atoms with Gasteiger partial charge < -0.3 is 10.4 Å². The van der Waals surface area contributed by atoms with E-state index in [0.29, 0.717) is 17.7 Å². The summed E-state index contributed by atoms with van der Waals surface area (Å²) in [7, 11) is 0. The summed E-state index contributed by atoms with van der Waals surface area (Å²) >= 11 is 0. The Hall–Kier alpha value is -2.25. The monoisotopic (exact) mass is 369 g/mol. The number of fused-ring (bicyclic) bond motifs is 3. The number of hydrogen-bond acceptors (Lipinski definition) is 5. The number of benzene rings is 1. The number of rotatable bonds is 5. The predicted octanol–water partition coefficient (Wildman–Crippen LogP) is 1.85. The van der Waals surface area contributed by atoms with Crippen LogP contribution in [0.2, 0.25) is 0 Å². The van der Waals surface area contributed by atoms with E-state index in [0.717, 1.165) is 38.2 Å². The molecule has 3 aliphatic rings. The van der Waals surface area contributed by atoms with Crippen molar-refractivity contribution in [2.24, 2.45) is 11.8 Å². The van der Waals surface area contributed by atoms with E-state index < -0.39 is 5.60 Å². The van der Waals surface area contributed by atoms with E-state index in [2.05, 4.69) is 20.5 Å². The predicted molar refractivity (Wildman–Crippen MR) is 102 cm³/mol. The van der Waals surface area contributed by atoms with Crippen molar-refractivity contribution in [2.75, 3.05) is 18.4 Å². The number of carbonyl (C=O) groups excluding carboxylic acids is 1. The maximum Gasteiger partial charge on any atom is 0.229 e. The van der Waals surface area contributed by atoms with Crippen molar-refractivity contribution in [3.05, 3.63) is 42.2 Å². The van der Waals surface area contributed by atoms with Gasteiger partial charge in [-0.05, 0) is 51.3 Å². The molecule has 0 radical (unpaired) electrons. The first-order valence-electron chi connectivity index (χ1n) is 9.63. The zero-order valence-electron chi connectivity index (χ0n) is 15.9. The molecule has 4 atom stereocenters. The highest BCUT2D eigenvalue weighted by molar-refractivity contribution is 5.93. The lowest BCUT2D eigenvalue weighted by Crippen LogP contribution is -2.57. The molecule has 27 heavy (non-hydrogen) atoms. The van der Waals surface area contributed by atoms with Gasteiger partial charge in [0.25, 0.3) is 0 Å². The molecule has 7 nitrogen and oxygen atoms in total. The Morgan fingerprint density at radius 2 is 2.11 bits per heavy atom. The van der Waals surface area contributed by atoms with Crippen molar-refractivity contribution >= 4 is 11.6 Å². The Bertz CT molecular complexity index is 798. The zero-order chi connectivity index (χ0) is 19.0.